The number of carbonyl (C=O) groups excluding carboxylic acids is 3. The van der Waals surface area contributed by atoms with Crippen molar-refractivity contribution >= 4 is 17.8 Å². The quantitative estimate of drug-likeness (QED) is 0.646. The lowest BCUT2D eigenvalue weighted by molar-refractivity contribution is -0.149. The number of amides is 1. The highest BCUT2D eigenvalue weighted by atomic mass is 16.5. The van der Waals surface area contributed by atoms with Crippen LogP contribution in [0.2, 0.25) is 0 Å². The molecule has 156 valence electrons. The van der Waals surface area contributed by atoms with E-state index in [-0.39, 0.29) is 19.8 Å². The van der Waals surface area contributed by atoms with Crippen molar-refractivity contribution in [1.82, 2.24) is 9.88 Å². The maximum Gasteiger partial charge on any atom is 0.339 e. The molecule has 0 saturated heterocycles. The van der Waals surface area contributed by atoms with Gasteiger partial charge in [-0.1, -0.05) is 12.1 Å². The van der Waals surface area contributed by atoms with Crippen molar-refractivity contribution in [1.29, 1.82) is 0 Å². The van der Waals surface area contributed by atoms with E-state index >= 15 is 0 Å². The highest BCUT2D eigenvalue weighted by Crippen LogP contribution is 2.16. The molecular weight excluding hydrogens is 376 g/mol. The molecule has 0 spiro atoms. The molecule has 0 atom stereocenters. The second kappa shape index (κ2) is 10.3. The van der Waals surface area contributed by atoms with Crippen LogP contribution in [-0.2, 0) is 32.2 Å². The zero-order chi connectivity index (χ0) is 21.4. The SMILES string of the molecule is CCOC(=O)c1cc(C)n(CC(=O)OCC(=O)NCc2ccc(OC)cc2)c1C. The molecule has 8 nitrogen and oxygen atoms in total. The Balaban J connectivity index is 1.83. The molecule has 0 saturated carbocycles. The van der Waals surface area contributed by atoms with Crippen LogP contribution in [0.5, 0.6) is 5.75 Å². The molecule has 2 rings (SSSR count). The molecule has 1 aromatic carbocycles. The van der Waals surface area contributed by atoms with Gasteiger partial charge in [0, 0.05) is 17.9 Å². The summed E-state index contributed by atoms with van der Waals surface area (Å²) in [5, 5.41) is 2.69. The summed E-state index contributed by atoms with van der Waals surface area (Å²) < 4.78 is 16.8. The Morgan fingerprint density at radius 3 is 2.38 bits per heavy atom. The van der Waals surface area contributed by atoms with Crippen molar-refractivity contribution in [2.45, 2.75) is 33.9 Å². The minimum absolute atomic E-state index is 0.0944. The van der Waals surface area contributed by atoms with E-state index in [4.69, 9.17) is 14.2 Å². The third-order valence-corrected chi connectivity index (χ3v) is 4.37. The molecule has 1 amide bonds. The van der Waals surface area contributed by atoms with E-state index in [1.807, 2.05) is 12.1 Å². The molecule has 0 radical (unpaired) electrons. The molecule has 1 N–H and O–H groups in total. The van der Waals surface area contributed by atoms with Crippen LogP contribution in [-0.4, -0.2) is 42.7 Å². The van der Waals surface area contributed by atoms with Gasteiger partial charge in [0.25, 0.3) is 5.91 Å². The molecule has 2 aromatic rings. The van der Waals surface area contributed by atoms with E-state index in [1.54, 1.807) is 50.6 Å². The highest BCUT2D eigenvalue weighted by molar-refractivity contribution is 5.91. The maximum absolute atomic E-state index is 12.1. The molecule has 0 unspecified atom stereocenters. The fourth-order valence-electron chi connectivity index (χ4n) is 2.78. The minimum Gasteiger partial charge on any atom is -0.497 e. The number of hydrogen-bond donors (Lipinski definition) is 1. The van der Waals surface area contributed by atoms with Crippen LogP contribution in [0, 0.1) is 13.8 Å². The van der Waals surface area contributed by atoms with Crippen LogP contribution in [0.3, 0.4) is 0 Å². The Morgan fingerprint density at radius 2 is 1.76 bits per heavy atom. The van der Waals surface area contributed by atoms with Gasteiger partial charge in [-0.25, -0.2) is 4.79 Å². The van der Waals surface area contributed by atoms with Crippen LogP contribution >= 0.6 is 0 Å². The first kappa shape index (κ1) is 22.0. The molecule has 0 fully saturated rings. The van der Waals surface area contributed by atoms with Crippen molar-refractivity contribution in [2.24, 2.45) is 0 Å². The first-order valence-electron chi connectivity index (χ1n) is 9.24. The highest BCUT2D eigenvalue weighted by Gasteiger charge is 2.19. The zero-order valence-corrected chi connectivity index (χ0v) is 17.1. The van der Waals surface area contributed by atoms with Crippen molar-refractivity contribution in [3.05, 3.63) is 52.8 Å². The second-order valence-corrected chi connectivity index (χ2v) is 6.38. The average Bonchev–Trinajstić information content (AvgIpc) is 2.99. The first-order valence-corrected chi connectivity index (χ1v) is 9.24. The van der Waals surface area contributed by atoms with Gasteiger partial charge in [-0.05, 0) is 44.5 Å². The van der Waals surface area contributed by atoms with E-state index in [0.29, 0.717) is 17.8 Å². The Morgan fingerprint density at radius 1 is 1.07 bits per heavy atom. The van der Waals surface area contributed by atoms with Gasteiger partial charge in [0.15, 0.2) is 6.61 Å². The van der Waals surface area contributed by atoms with Gasteiger partial charge in [0.2, 0.25) is 0 Å². The summed E-state index contributed by atoms with van der Waals surface area (Å²) in [6.07, 6.45) is 0. The Bertz CT molecular complexity index is 870. The number of nitrogens with one attached hydrogen (secondary N) is 1. The zero-order valence-electron chi connectivity index (χ0n) is 17.1. The van der Waals surface area contributed by atoms with Crippen LogP contribution in [0.1, 0.15) is 34.2 Å². The number of nitrogens with zero attached hydrogens (tertiary/aromatic N) is 1. The summed E-state index contributed by atoms with van der Waals surface area (Å²) in [5.74, 6) is -0.669. The van der Waals surface area contributed by atoms with Crippen LogP contribution < -0.4 is 10.1 Å². The molecule has 0 aliphatic rings. The van der Waals surface area contributed by atoms with E-state index in [9.17, 15) is 14.4 Å². The van der Waals surface area contributed by atoms with E-state index in [0.717, 1.165) is 17.0 Å². The summed E-state index contributed by atoms with van der Waals surface area (Å²) in [6.45, 7) is 5.37. The predicted molar refractivity (Wildman–Crippen MR) is 106 cm³/mol. The lowest BCUT2D eigenvalue weighted by Gasteiger charge is -2.10. The Kier molecular flexibility index (Phi) is 7.82. The van der Waals surface area contributed by atoms with Gasteiger partial charge in [-0.15, -0.1) is 0 Å². The fourth-order valence-corrected chi connectivity index (χ4v) is 2.78. The second-order valence-electron chi connectivity index (χ2n) is 6.38. The van der Waals surface area contributed by atoms with Crippen molar-refractivity contribution in [2.75, 3.05) is 20.3 Å². The van der Waals surface area contributed by atoms with E-state index in [1.165, 1.54) is 0 Å². The molecule has 1 aromatic heterocycles. The molecule has 0 aliphatic heterocycles. The van der Waals surface area contributed by atoms with Crippen LogP contribution in [0.15, 0.2) is 30.3 Å². The number of hydrogen-bond acceptors (Lipinski definition) is 6. The van der Waals surface area contributed by atoms with Gasteiger partial charge in [-0.3, -0.25) is 9.59 Å². The Labute approximate surface area is 169 Å². The third kappa shape index (κ3) is 6.10. The molecular formula is C21H26N2O6. The molecule has 1 heterocycles. The number of carbonyl (C=O) groups is 3. The number of rotatable bonds is 9. The number of aromatic nitrogens is 1. The molecule has 0 aliphatic carbocycles. The van der Waals surface area contributed by atoms with Gasteiger partial charge in [0.05, 0.1) is 19.3 Å². The van der Waals surface area contributed by atoms with Gasteiger partial charge < -0.3 is 24.1 Å². The Hall–Kier alpha value is -3.29. The standard InChI is InChI=1S/C21H26N2O6/c1-5-28-21(26)18-10-14(2)23(15(18)3)12-20(25)29-13-19(24)22-11-16-6-8-17(27-4)9-7-16/h6-10H,5,11-13H2,1-4H3,(H,22,24). The summed E-state index contributed by atoms with van der Waals surface area (Å²) in [7, 11) is 1.58. The van der Waals surface area contributed by atoms with Crippen molar-refractivity contribution < 1.29 is 28.6 Å². The lowest BCUT2D eigenvalue weighted by atomic mass is 10.2. The van der Waals surface area contributed by atoms with E-state index in [2.05, 4.69) is 5.32 Å². The summed E-state index contributed by atoms with van der Waals surface area (Å²) in [4.78, 5) is 36.0. The summed E-state index contributed by atoms with van der Waals surface area (Å²) in [5.41, 5.74) is 2.65. The van der Waals surface area contributed by atoms with E-state index < -0.39 is 17.8 Å². The fraction of sp³-hybridized carbons (Fsp3) is 0.381. The van der Waals surface area contributed by atoms with Crippen molar-refractivity contribution in [3.8, 4) is 5.75 Å². The summed E-state index contributed by atoms with van der Waals surface area (Å²) in [6, 6.07) is 8.94. The van der Waals surface area contributed by atoms with Crippen LogP contribution in [0.4, 0.5) is 0 Å². The average molecular weight is 402 g/mol. The van der Waals surface area contributed by atoms with Gasteiger partial charge in [-0.2, -0.15) is 0 Å². The maximum atomic E-state index is 12.1. The number of benzene rings is 1. The number of esters is 2. The third-order valence-electron chi connectivity index (χ3n) is 4.37. The van der Waals surface area contributed by atoms with Gasteiger partial charge >= 0.3 is 11.9 Å². The molecule has 0 bridgehead atoms. The number of aryl methyl sites for hydroxylation is 1. The first-order chi connectivity index (χ1) is 13.8. The number of methoxy groups -OCH3 is 1. The largest absolute Gasteiger partial charge is 0.497 e. The van der Waals surface area contributed by atoms with Crippen LogP contribution in [0.25, 0.3) is 0 Å². The minimum atomic E-state index is -0.568. The topological polar surface area (TPSA) is 95.9 Å². The number of ether oxygens (including phenoxy) is 3. The summed E-state index contributed by atoms with van der Waals surface area (Å²) >= 11 is 0. The monoisotopic (exact) mass is 402 g/mol. The van der Waals surface area contributed by atoms with Crippen molar-refractivity contribution in [3.63, 3.8) is 0 Å². The molecule has 8 heteroatoms. The predicted octanol–water partition coefficient (Wildman–Crippen LogP) is 2.15. The lowest BCUT2D eigenvalue weighted by Crippen LogP contribution is -2.29. The molecule has 29 heavy (non-hydrogen) atoms. The normalized spacial score (nSPS) is 10.3. The smallest absolute Gasteiger partial charge is 0.339 e. The van der Waals surface area contributed by atoms with Gasteiger partial charge in [0.1, 0.15) is 12.3 Å².